The number of carbonyl (C=O) groups excluding carboxylic acids is 1. The molecule has 10 heteroatoms. The number of amides is 1. The number of morpholine rings is 1. The molecule has 0 aliphatic carbocycles. The Kier molecular flexibility index (Phi) is 7.46. The number of nitrogens with zero attached hydrogens (tertiary/aromatic N) is 6. The number of nitrogens with one attached hydrogen (secondary N) is 1. The molecule has 2 aliphatic rings. The second kappa shape index (κ2) is 11.3. The number of anilines is 2. The molecule has 2 aliphatic heterocycles. The Hall–Kier alpha value is -3.86. The van der Waals surface area contributed by atoms with E-state index in [1.54, 1.807) is 23.2 Å². The second-order valence-corrected chi connectivity index (χ2v) is 10.6. The molecule has 9 nitrogen and oxygen atoms in total. The standard InChI is InChI=1S/C30H34FN7O2/c1-21-3-4-24(17-23(21)20-36-11-9-35(2)10-12-36)33-30-32-19-22-7-8-38(28(22)34-30)25-5-6-26(27(31)18-25)29(39)37-13-15-40-16-14-37/h3-8,17-19H,9-16,20H2,1-2H3,(H,32,33,34). The minimum absolute atomic E-state index is 0.0610. The molecular weight excluding hydrogens is 509 g/mol. The molecule has 2 fully saturated rings. The fourth-order valence-corrected chi connectivity index (χ4v) is 5.25. The van der Waals surface area contributed by atoms with Crippen molar-refractivity contribution in [2.75, 3.05) is 64.8 Å². The molecule has 208 valence electrons. The van der Waals surface area contributed by atoms with Crippen LogP contribution in [0.3, 0.4) is 0 Å². The summed E-state index contributed by atoms with van der Waals surface area (Å²) in [6.45, 7) is 9.22. The number of likely N-dealkylation sites (N-methyl/N-ethyl adjacent to an activating group) is 1. The fraction of sp³-hybridized carbons (Fsp3) is 0.367. The van der Waals surface area contributed by atoms with Crippen LogP contribution in [0, 0.1) is 12.7 Å². The number of rotatable bonds is 6. The normalized spacial score (nSPS) is 16.9. The van der Waals surface area contributed by atoms with Crippen LogP contribution in [-0.2, 0) is 11.3 Å². The van der Waals surface area contributed by atoms with Crippen molar-refractivity contribution in [2.24, 2.45) is 0 Å². The third-order valence-electron chi connectivity index (χ3n) is 7.78. The highest BCUT2D eigenvalue weighted by Gasteiger charge is 2.22. The van der Waals surface area contributed by atoms with Crippen molar-refractivity contribution in [1.29, 1.82) is 0 Å². The van der Waals surface area contributed by atoms with Crippen molar-refractivity contribution >= 4 is 28.6 Å². The topological polar surface area (TPSA) is 78.8 Å². The van der Waals surface area contributed by atoms with Gasteiger partial charge < -0.3 is 24.4 Å². The van der Waals surface area contributed by atoms with E-state index in [1.165, 1.54) is 17.2 Å². The lowest BCUT2D eigenvalue weighted by Crippen LogP contribution is -2.43. The Labute approximate surface area is 233 Å². The highest BCUT2D eigenvalue weighted by molar-refractivity contribution is 5.95. The molecule has 0 radical (unpaired) electrons. The summed E-state index contributed by atoms with van der Waals surface area (Å²) in [4.78, 5) is 28.5. The highest BCUT2D eigenvalue weighted by Crippen LogP contribution is 2.24. The van der Waals surface area contributed by atoms with Crippen molar-refractivity contribution in [3.05, 3.63) is 77.4 Å². The van der Waals surface area contributed by atoms with Crippen LogP contribution in [0.25, 0.3) is 16.7 Å². The zero-order chi connectivity index (χ0) is 27.6. The Morgan fingerprint density at radius 1 is 1.02 bits per heavy atom. The first-order chi connectivity index (χ1) is 19.4. The average Bonchev–Trinajstić information content (AvgIpc) is 3.39. The molecule has 0 spiro atoms. The van der Waals surface area contributed by atoms with E-state index in [9.17, 15) is 4.79 Å². The number of halogens is 1. The van der Waals surface area contributed by atoms with Crippen LogP contribution in [0.15, 0.2) is 54.9 Å². The van der Waals surface area contributed by atoms with E-state index in [-0.39, 0.29) is 11.5 Å². The molecule has 0 bridgehead atoms. The Morgan fingerprint density at radius 3 is 2.60 bits per heavy atom. The van der Waals surface area contributed by atoms with Crippen LogP contribution < -0.4 is 5.32 Å². The summed E-state index contributed by atoms with van der Waals surface area (Å²) in [6.07, 6.45) is 3.59. The first-order valence-corrected chi connectivity index (χ1v) is 13.7. The van der Waals surface area contributed by atoms with E-state index in [1.807, 2.05) is 22.9 Å². The van der Waals surface area contributed by atoms with Gasteiger partial charge in [0.2, 0.25) is 5.95 Å². The Bertz CT molecular complexity index is 1520. The van der Waals surface area contributed by atoms with E-state index in [0.717, 1.165) is 43.8 Å². The lowest BCUT2D eigenvalue weighted by Gasteiger charge is -2.32. The van der Waals surface area contributed by atoms with E-state index < -0.39 is 5.82 Å². The van der Waals surface area contributed by atoms with Gasteiger partial charge in [0.1, 0.15) is 11.5 Å². The van der Waals surface area contributed by atoms with Crippen LogP contribution in [-0.4, -0.2) is 94.7 Å². The number of benzene rings is 2. The minimum atomic E-state index is -0.559. The summed E-state index contributed by atoms with van der Waals surface area (Å²) in [7, 11) is 2.17. The van der Waals surface area contributed by atoms with Crippen molar-refractivity contribution in [2.45, 2.75) is 13.5 Å². The average molecular weight is 544 g/mol. The first-order valence-electron chi connectivity index (χ1n) is 13.7. The highest BCUT2D eigenvalue weighted by atomic mass is 19.1. The monoisotopic (exact) mass is 543 g/mol. The van der Waals surface area contributed by atoms with Gasteiger partial charge in [0, 0.05) is 75.0 Å². The molecule has 40 heavy (non-hydrogen) atoms. The van der Waals surface area contributed by atoms with E-state index in [0.29, 0.717) is 43.6 Å². The predicted molar refractivity (Wildman–Crippen MR) is 153 cm³/mol. The number of hydrogen-bond donors (Lipinski definition) is 1. The molecular formula is C30H34FN7O2. The third kappa shape index (κ3) is 5.56. The van der Waals surface area contributed by atoms with Gasteiger partial charge in [-0.3, -0.25) is 9.69 Å². The van der Waals surface area contributed by atoms with Gasteiger partial charge in [0.25, 0.3) is 5.91 Å². The predicted octanol–water partition coefficient (Wildman–Crippen LogP) is 3.83. The van der Waals surface area contributed by atoms with Crippen molar-refractivity contribution in [1.82, 2.24) is 29.2 Å². The van der Waals surface area contributed by atoms with Crippen LogP contribution in [0.2, 0.25) is 0 Å². The molecule has 6 rings (SSSR count). The number of piperazine rings is 1. The van der Waals surface area contributed by atoms with Gasteiger partial charge in [-0.25, -0.2) is 9.37 Å². The maximum Gasteiger partial charge on any atom is 0.256 e. The largest absolute Gasteiger partial charge is 0.378 e. The second-order valence-electron chi connectivity index (χ2n) is 10.6. The fourth-order valence-electron chi connectivity index (χ4n) is 5.25. The van der Waals surface area contributed by atoms with Crippen molar-refractivity contribution in [3.8, 4) is 5.69 Å². The summed E-state index contributed by atoms with van der Waals surface area (Å²) in [5.41, 5.74) is 4.75. The number of aryl methyl sites for hydroxylation is 1. The van der Waals surface area contributed by atoms with Gasteiger partial charge in [-0.05, 0) is 61.5 Å². The third-order valence-corrected chi connectivity index (χ3v) is 7.78. The molecule has 2 aromatic heterocycles. The summed E-state index contributed by atoms with van der Waals surface area (Å²) in [5, 5.41) is 4.18. The lowest BCUT2D eigenvalue weighted by atomic mass is 10.1. The zero-order valence-corrected chi connectivity index (χ0v) is 22.9. The van der Waals surface area contributed by atoms with Gasteiger partial charge in [0.15, 0.2) is 0 Å². The first kappa shape index (κ1) is 26.4. The molecule has 1 amide bonds. The molecule has 0 atom stereocenters. The molecule has 1 N–H and O–H groups in total. The number of carbonyl (C=O) groups is 1. The summed E-state index contributed by atoms with van der Waals surface area (Å²) in [5.74, 6) is -0.416. The Morgan fingerprint density at radius 2 is 1.82 bits per heavy atom. The van der Waals surface area contributed by atoms with E-state index in [4.69, 9.17) is 9.72 Å². The molecule has 0 saturated carbocycles. The SMILES string of the molecule is Cc1ccc(Nc2ncc3ccn(-c4ccc(C(=O)N5CCOCC5)c(F)c4)c3n2)cc1CN1CCN(C)CC1. The van der Waals surface area contributed by atoms with Crippen LogP contribution in [0.5, 0.6) is 0 Å². The molecule has 4 heterocycles. The van der Waals surface area contributed by atoms with Gasteiger partial charge in [-0.15, -0.1) is 0 Å². The smallest absolute Gasteiger partial charge is 0.256 e. The van der Waals surface area contributed by atoms with Crippen molar-refractivity contribution in [3.63, 3.8) is 0 Å². The van der Waals surface area contributed by atoms with Crippen molar-refractivity contribution < 1.29 is 13.9 Å². The van der Waals surface area contributed by atoms with Crippen LogP contribution in [0.1, 0.15) is 21.5 Å². The Balaban J connectivity index is 1.22. The summed E-state index contributed by atoms with van der Waals surface area (Å²) < 4.78 is 22.2. The summed E-state index contributed by atoms with van der Waals surface area (Å²) >= 11 is 0. The van der Waals surface area contributed by atoms with E-state index in [2.05, 4.69) is 46.2 Å². The van der Waals surface area contributed by atoms with Crippen LogP contribution in [0.4, 0.5) is 16.0 Å². The minimum Gasteiger partial charge on any atom is -0.378 e. The molecule has 4 aromatic rings. The number of hydrogen-bond acceptors (Lipinski definition) is 7. The molecule has 2 saturated heterocycles. The maximum absolute atomic E-state index is 15.1. The van der Waals surface area contributed by atoms with E-state index >= 15 is 4.39 Å². The van der Waals surface area contributed by atoms with Gasteiger partial charge >= 0.3 is 0 Å². The molecule has 2 aromatic carbocycles. The molecule has 0 unspecified atom stereocenters. The maximum atomic E-state index is 15.1. The van der Waals surface area contributed by atoms with Crippen LogP contribution >= 0.6 is 0 Å². The number of fused-ring (bicyclic) bond motifs is 1. The number of ether oxygens (including phenoxy) is 1. The van der Waals surface area contributed by atoms with Gasteiger partial charge in [-0.1, -0.05) is 6.07 Å². The quantitative estimate of drug-likeness (QED) is 0.396. The number of aromatic nitrogens is 3. The van der Waals surface area contributed by atoms with Gasteiger partial charge in [-0.2, -0.15) is 4.98 Å². The lowest BCUT2D eigenvalue weighted by molar-refractivity contribution is 0.0300. The zero-order valence-electron chi connectivity index (χ0n) is 22.9. The van der Waals surface area contributed by atoms with Gasteiger partial charge in [0.05, 0.1) is 18.8 Å². The summed E-state index contributed by atoms with van der Waals surface area (Å²) in [6, 6.07) is 12.9.